The van der Waals surface area contributed by atoms with Crippen molar-refractivity contribution < 1.29 is 14.3 Å². The van der Waals surface area contributed by atoms with Crippen molar-refractivity contribution in [2.45, 2.75) is 56.6 Å². The number of rotatable bonds is 5. The van der Waals surface area contributed by atoms with Gasteiger partial charge in [-0.1, -0.05) is 43.2 Å². The smallest absolute Gasteiger partial charge is 0.262 e. The molecule has 0 unspecified atom stereocenters. The molecule has 2 aromatic heterocycles. The molecule has 202 valence electrons. The number of likely N-dealkylation sites (tertiary alicyclic amines) is 1. The lowest BCUT2D eigenvalue weighted by atomic mass is 9.74. The van der Waals surface area contributed by atoms with E-state index in [9.17, 15) is 19.1 Å². The third-order valence-corrected chi connectivity index (χ3v) is 8.56. The third kappa shape index (κ3) is 5.01. The highest BCUT2D eigenvalue weighted by molar-refractivity contribution is 5.80. The van der Waals surface area contributed by atoms with Crippen LogP contribution in [0.3, 0.4) is 0 Å². The number of para-hydroxylation sites is 1. The van der Waals surface area contributed by atoms with Gasteiger partial charge in [0.15, 0.2) is 5.65 Å². The number of carbonyl (C=O) groups is 1. The first-order valence-corrected chi connectivity index (χ1v) is 13.8. The maximum atomic E-state index is 13.6. The van der Waals surface area contributed by atoms with E-state index in [-0.39, 0.29) is 35.7 Å². The molecule has 8 heteroatoms. The molecule has 1 saturated carbocycles. The van der Waals surface area contributed by atoms with Gasteiger partial charge in [-0.3, -0.25) is 14.2 Å². The number of nitrogens with zero attached hydrogens (tertiary/aromatic N) is 4. The molecule has 1 aliphatic carbocycles. The second kappa shape index (κ2) is 10.4. The molecular weight excluding hydrogens is 495 g/mol. The number of hydrogen-bond acceptors (Lipinski definition) is 4. The van der Waals surface area contributed by atoms with Gasteiger partial charge in [-0.15, -0.1) is 0 Å². The summed E-state index contributed by atoms with van der Waals surface area (Å²) in [5, 5.41) is 11.9. The summed E-state index contributed by atoms with van der Waals surface area (Å²) in [6.07, 6.45) is 7.95. The van der Waals surface area contributed by atoms with Crippen LogP contribution in [0.4, 0.5) is 4.39 Å². The lowest BCUT2D eigenvalue weighted by molar-refractivity contribution is -0.142. The monoisotopic (exact) mass is 528 g/mol. The molecule has 2 aromatic carbocycles. The molecule has 0 bridgehead atoms. The van der Waals surface area contributed by atoms with Crippen molar-refractivity contribution in [1.82, 2.24) is 19.0 Å². The second-order valence-electron chi connectivity index (χ2n) is 11.0. The van der Waals surface area contributed by atoms with Crippen LogP contribution in [0, 0.1) is 11.7 Å². The number of carbonyl (C=O) groups excluding carboxylic acids is 1. The molecular formula is C31H33FN4O3. The largest absolute Gasteiger partial charge is 0.388 e. The molecule has 0 radical (unpaired) electrons. The fourth-order valence-corrected chi connectivity index (χ4v) is 6.35. The maximum Gasteiger partial charge on any atom is 0.262 e. The minimum atomic E-state index is -1.10. The number of piperidine rings is 1. The van der Waals surface area contributed by atoms with Crippen molar-refractivity contribution in [3.8, 4) is 5.69 Å². The number of fused-ring (bicyclic) bond motifs is 1. The minimum absolute atomic E-state index is 0.0900. The summed E-state index contributed by atoms with van der Waals surface area (Å²) >= 11 is 0. The molecule has 1 N–H and O–H groups in total. The molecule has 1 aliphatic heterocycles. The number of aliphatic hydroxyl groups is 1. The van der Waals surface area contributed by atoms with Gasteiger partial charge in [0.25, 0.3) is 5.56 Å². The van der Waals surface area contributed by atoms with Crippen molar-refractivity contribution in [2.24, 2.45) is 5.92 Å². The summed E-state index contributed by atoms with van der Waals surface area (Å²) in [4.78, 5) is 33.3. The van der Waals surface area contributed by atoms with E-state index < -0.39 is 5.60 Å². The summed E-state index contributed by atoms with van der Waals surface area (Å²) in [6, 6.07) is 18.0. The van der Waals surface area contributed by atoms with E-state index in [1.807, 2.05) is 46.0 Å². The molecule has 3 heterocycles. The summed E-state index contributed by atoms with van der Waals surface area (Å²) in [7, 11) is 0. The van der Waals surface area contributed by atoms with E-state index >= 15 is 0 Å². The lowest BCUT2D eigenvalue weighted by Gasteiger charge is -2.41. The summed E-state index contributed by atoms with van der Waals surface area (Å²) < 4.78 is 16.8. The average molecular weight is 529 g/mol. The van der Waals surface area contributed by atoms with Gasteiger partial charge in [0.05, 0.1) is 17.5 Å². The Labute approximate surface area is 226 Å². The summed E-state index contributed by atoms with van der Waals surface area (Å²) in [5.74, 6) is -0.186. The van der Waals surface area contributed by atoms with Crippen LogP contribution >= 0.6 is 0 Å². The number of aromatic nitrogens is 3. The van der Waals surface area contributed by atoms with Crippen molar-refractivity contribution in [2.75, 3.05) is 13.1 Å². The normalized spacial score (nSPS) is 21.2. The highest BCUT2D eigenvalue weighted by atomic mass is 19.1. The van der Waals surface area contributed by atoms with Crippen LogP contribution in [0.2, 0.25) is 0 Å². The first-order chi connectivity index (χ1) is 18.9. The van der Waals surface area contributed by atoms with Gasteiger partial charge in [0, 0.05) is 30.9 Å². The van der Waals surface area contributed by atoms with Crippen molar-refractivity contribution in [3.05, 3.63) is 94.9 Å². The van der Waals surface area contributed by atoms with Gasteiger partial charge in [-0.05, 0) is 67.5 Å². The average Bonchev–Trinajstić information content (AvgIpc) is 3.40. The standard InChI is InChI=1S/C31H33FN4O3/c32-23-12-10-22(11-13-23)25-8-4-5-9-26(25)29(37)34-18-15-31(39,16-19-34)20-35-21-33-28-27(30(35)38)14-17-36(28)24-6-2-1-3-7-24/h1-3,6-7,10-14,17,21,25-26,39H,4-5,8-9,15-16,18-20H2/t25-,26+/m1/s1. The van der Waals surface area contributed by atoms with E-state index in [0.717, 1.165) is 36.9 Å². The first kappa shape index (κ1) is 25.5. The highest BCUT2D eigenvalue weighted by Crippen LogP contribution is 2.39. The van der Waals surface area contributed by atoms with Gasteiger partial charge >= 0.3 is 0 Å². The Kier molecular flexibility index (Phi) is 6.81. The van der Waals surface area contributed by atoms with Crippen LogP contribution in [0.1, 0.15) is 50.0 Å². The molecule has 2 aliphatic rings. The first-order valence-electron chi connectivity index (χ1n) is 13.8. The predicted molar refractivity (Wildman–Crippen MR) is 147 cm³/mol. The zero-order chi connectivity index (χ0) is 27.0. The van der Waals surface area contributed by atoms with Gasteiger partial charge < -0.3 is 14.6 Å². The second-order valence-corrected chi connectivity index (χ2v) is 11.0. The van der Waals surface area contributed by atoms with Crippen LogP contribution in [-0.2, 0) is 11.3 Å². The van der Waals surface area contributed by atoms with E-state index in [1.54, 1.807) is 18.2 Å². The topological polar surface area (TPSA) is 80.4 Å². The molecule has 1 saturated heterocycles. The molecule has 0 spiro atoms. The molecule has 6 rings (SSSR count). The Balaban J connectivity index is 1.14. The van der Waals surface area contributed by atoms with Crippen LogP contribution in [0.15, 0.2) is 78.0 Å². The van der Waals surface area contributed by atoms with E-state index in [0.29, 0.717) is 37.0 Å². The molecule has 2 fully saturated rings. The number of hydrogen-bond donors (Lipinski definition) is 1. The third-order valence-electron chi connectivity index (χ3n) is 8.56. The maximum absolute atomic E-state index is 13.6. The number of halogens is 1. The Bertz CT molecular complexity index is 1520. The Morgan fingerprint density at radius 2 is 1.72 bits per heavy atom. The number of benzene rings is 2. The van der Waals surface area contributed by atoms with Crippen LogP contribution < -0.4 is 5.56 Å². The van der Waals surface area contributed by atoms with Gasteiger partial charge in [-0.25, -0.2) is 9.37 Å². The fourth-order valence-electron chi connectivity index (χ4n) is 6.35. The SMILES string of the molecule is O=C([C@H]1CCCC[C@@H]1c1ccc(F)cc1)N1CCC(O)(Cn2cnc3c(ccn3-c3ccccc3)c2=O)CC1. The van der Waals surface area contributed by atoms with E-state index in [2.05, 4.69) is 4.98 Å². The van der Waals surface area contributed by atoms with E-state index in [1.165, 1.54) is 23.0 Å². The zero-order valence-electron chi connectivity index (χ0n) is 21.9. The predicted octanol–water partition coefficient (Wildman–Crippen LogP) is 4.65. The fraction of sp³-hybridized carbons (Fsp3) is 0.387. The van der Waals surface area contributed by atoms with Crippen LogP contribution in [0.25, 0.3) is 16.7 Å². The quantitative estimate of drug-likeness (QED) is 0.409. The Hall–Kier alpha value is -3.78. The summed E-state index contributed by atoms with van der Waals surface area (Å²) in [6.45, 7) is 1.02. The minimum Gasteiger partial charge on any atom is -0.388 e. The van der Waals surface area contributed by atoms with Gasteiger partial charge in [-0.2, -0.15) is 0 Å². The van der Waals surface area contributed by atoms with Gasteiger partial charge in [0.2, 0.25) is 5.91 Å². The Morgan fingerprint density at radius 3 is 2.46 bits per heavy atom. The zero-order valence-corrected chi connectivity index (χ0v) is 21.9. The summed E-state index contributed by atoms with van der Waals surface area (Å²) in [5.41, 5.74) is 1.24. The molecule has 2 atom stereocenters. The van der Waals surface area contributed by atoms with Crippen molar-refractivity contribution in [1.29, 1.82) is 0 Å². The number of amides is 1. The lowest BCUT2D eigenvalue weighted by Crippen LogP contribution is -2.51. The van der Waals surface area contributed by atoms with E-state index in [4.69, 9.17) is 0 Å². The Morgan fingerprint density at radius 1 is 1.00 bits per heavy atom. The van der Waals surface area contributed by atoms with Crippen LogP contribution in [0.5, 0.6) is 0 Å². The van der Waals surface area contributed by atoms with Gasteiger partial charge in [0.1, 0.15) is 12.1 Å². The van der Waals surface area contributed by atoms with Crippen molar-refractivity contribution in [3.63, 3.8) is 0 Å². The molecule has 7 nitrogen and oxygen atoms in total. The van der Waals surface area contributed by atoms with Crippen LogP contribution in [-0.4, -0.2) is 48.7 Å². The van der Waals surface area contributed by atoms with Crippen molar-refractivity contribution >= 4 is 16.9 Å². The molecule has 39 heavy (non-hydrogen) atoms. The highest BCUT2D eigenvalue weighted by Gasteiger charge is 2.39. The molecule has 1 amide bonds. The molecule has 4 aromatic rings.